The smallest absolute Gasteiger partial charge is 0.225 e. The first-order valence-corrected chi connectivity index (χ1v) is 9.46. The van der Waals surface area contributed by atoms with Crippen molar-refractivity contribution < 1.29 is 4.79 Å². The van der Waals surface area contributed by atoms with Gasteiger partial charge in [-0.05, 0) is 30.0 Å². The molecule has 3 rings (SSSR count). The van der Waals surface area contributed by atoms with Crippen molar-refractivity contribution in [1.82, 2.24) is 10.6 Å². The number of anilines is 1. The standard InChI is InChI=1S/C22H28N4O.HI/c1-15-8-10-17(11-9-15)16(2)13-24-22(23-3)25-14-18-12-21(27)26-20-7-5-4-6-19(18)20;/h4-11,16,18H,12-14H2,1-3H3,(H,26,27)(H2,23,24,25);1H. The number of nitrogens with zero attached hydrogens (tertiary/aromatic N) is 1. The Labute approximate surface area is 184 Å². The molecule has 0 radical (unpaired) electrons. The van der Waals surface area contributed by atoms with Gasteiger partial charge in [0.1, 0.15) is 0 Å². The van der Waals surface area contributed by atoms with Crippen molar-refractivity contribution in [3.63, 3.8) is 0 Å². The second kappa shape index (κ2) is 10.5. The third-order valence-electron chi connectivity index (χ3n) is 5.07. The predicted octanol–water partition coefficient (Wildman–Crippen LogP) is 4.01. The van der Waals surface area contributed by atoms with Crippen LogP contribution in [0.15, 0.2) is 53.5 Å². The number of carbonyl (C=O) groups excluding carboxylic acids is 1. The van der Waals surface area contributed by atoms with Crippen molar-refractivity contribution in [1.29, 1.82) is 0 Å². The monoisotopic (exact) mass is 492 g/mol. The highest BCUT2D eigenvalue weighted by Crippen LogP contribution is 2.31. The minimum atomic E-state index is 0. The third kappa shape index (κ3) is 5.70. The Morgan fingerprint density at radius 3 is 2.61 bits per heavy atom. The van der Waals surface area contributed by atoms with Crippen LogP contribution in [0.1, 0.15) is 41.9 Å². The number of guanidine groups is 1. The lowest BCUT2D eigenvalue weighted by molar-refractivity contribution is -0.116. The van der Waals surface area contributed by atoms with Gasteiger partial charge in [0.05, 0.1) is 0 Å². The van der Waals surface area contributed by atoms with Gasteiger partial charge in [0, 0.05) is 38.2 Å². The van der Waals surface area contributed by atoms with Gasteiger partial charge in [-0.1, -0.05) is 55.0 Å². The number of hydrogen-bond donors (Lipinski definition) is 3. The molecule has 0 bridgehead atoms. The molecule has 5 nitrogen and oxygen atoms in total. The van der Waals surface area contributed by atoms with E-state index in [0.29, 0.717) is 18.9 Å². The summed E-state index contributed by atoms with van der Waals surface area (Å²) in [6.45, 7) is 5.77. The Bertz CT molecular complexity index is 820. The van der Waals surface area contributed by atoms with Gasteiger partial charge in [0.25, 0.3) is 0 Å². The fourth-order valence-corrected chi connectivity index (χ4v) is 3.39. The van der Waals surface area contributed by atoms with E-state index in [9.17, 15) is 4.79 Å². The third-order valence-corrected chi connectivity index (χ3v) is 5.07. The van der Waals surface area contributed by atoms with Gasteiger partial charge < -0.3 is 16.0 Å². The Morgan fingerprint density at radius 1 is 1.18 bits per heavy atom. The molecule has 2 aromatic rings. The molecule has 0 fully saturated rings. The Hall–Kier alpha value is -2.09. The maximum Gasteiger partial charge on any atom is 0.225 e. The maximum absolute atomic E-state index is 12.0. The maximum atomic E-state index is 12.0. The number of benzene rings is 2. The topological polar surface area (TPSA) is 65.5 Å². The van der Waals surface area contributed by atoms with E-state index in [4.69, 9.17) is 0 Å². The number of rotatable bonds is 5. The van der Waals surface area contributed by atoms with Crippen LogP contribution in [0, 0.1) is 6.92 Å². The summed E-state index contributed by atoms with van der Waals surface area (Å²) in [7, 11) is 1.77. The normalized spacial score (nSPS) is 17.0. The SMILES string of the molecule is CN=C(NCC(C)c1ccc(C)cc1)NCC1CC(=O)Nc2ccccc21.I. The van der Waals surface area contributed by atoms with E-state index >= 15 is 0 Å². The average molecular weight is 492 g/mol. The van der Waals surface area contributed by atoms with Crippen molar-refractivity contribution >= 4 is 41.5 Å². The number of para-hydroxylation sites is 1. The number of fused-ring (bicyclic) bond motifs is 1. The fraction of sp³-hybridized carbons (Fsp3) is 0.364. The van der Waals surface area contributed by atoms with Gasteiger partial charge in [0.2, 0.25) is 5.91 Å². The molecular formula is C22H29IN4O. The van der Waals surface area contributed by atoms with Gasteiger partial charge in [-0.25, -0.2) is 0 Å². The van der Waals surface area contributed by atoms with Gasteiger partial charge in [0.15, 0.2) is 5.96 Å². The summed E-state index contributed by atoms with van der Waals surface area (Å²) in [6.07, 6.45) is 0.487. The Balaban J connectivity index is 0.00000280. The lowest BCUT2D eigenvalue weighted by Crippen LogP contribution is -2.41. The number of aliphatic imine (C=N–C) groups is 1. The lowest BCUT2D eigenvalue weighted by Gasteiger charge is -2.26. The molecule has 2 atom stereocenters. The molecule has 1 aliphatic heterocycles. The van der Waals surface area contributed by atoms with Gasteiger partial charge >= 0.3 is 0 Å². The number of halogens is 1. The van der Waals surface area contributed by atoms with Crippen LogP contribution in [-0.2, 0) is 4.79 Å². The molecule has 150 valence electrons. The number of nitrogens with one attached hydrogen (secondary N) is 3. The molecule has 1 heterocycles. The number of aryl methyl sites for hydroxylation is 1. The zero-order valence-electron chi connectivity index (χ0n) is 16.7. The zero-order valence-corrected chi connectivity index (χ0v) is 19.0. The quantitative estimate of drug-likeness (QED) is 0.336. The van der Waals surface area contributed by atoms with Crippen LogP contribution in [0.5, 0.6) is 0 Å². The molecule has 28 heavy (non-hydrogen) atoms. The summed E-state index contributed by atoms with van der Waals surface area (Å²) in [5, 5.41) is 9.71. The highest BCUT2D eigenvalue weighted by atomic mass is 127. The van der Waals surface area contributed by atoms with E-state index in [1.165, 1.54) is 16.7 Å². The molecule has 0 saturated heterocycles. The van der Waals surface area contributed by atoms with E-state index in [1.54, 1.807) is 7.05 Å². The number of amides is 1. The molecule has 1 aliphatic rings. The van der Waals surface area contributed by atoms with E-state index in [2.05, 4.69) is 65.1 Å². The van der Waals surface area contributed by atoms with Crippen LogP contribution in [0.4, 0.5) is 5.69 Å². The van der Waals surface area contributed by atoms with Crippen molar-refractivity contribution in [3.8, 4) is 0 Å². The molecule has 2 aromatic carbocycles. The fourth-order valence-electron chi connectivity index (χ4n) is 3.39. The highest BCUT2D eigenvalue weighted by Gasteiger charge is 2.24. The van der Waals surface area contributed by atoms with Crippen molar-refractivity contribution in [3.05, 3.63) is 65.2 Å². The molecule has 0 aromatic heterocycles. The highest BCUT2D eigenvalue weighted by molar-refractivity contribution is 14.0. The molecular weight excluding hydrogens is 463 g/mol. The van der Waals surface area contributed by atoms with Gasteiger partial charge in [-0.2, -0.15) is 0 Å². The van der Waals surface area contributed by atoms with Gasteiger partial charge in [-0.3, -0.25) is 9.79 Å². The molecule has 0 aliphatic carbocycles. The first kappa shape index (κ1) is 22.2. The second-order valence-electron chi connectivity index (χ2n) is 7.18. The first-order chi connectivity index (χ1) is 13.1. The summed E-state index contributed by atoms with van der Waals surface area (Å²) in [4.78, 5) is 16.3. The minimum Gasteiger partial charge on any atom is -0.356 e. The van der Waals surface area contributed by atoms with Crippen LogP contribution >= 0.6 is 24.0 Å². The first-order valence-electron chi connectivity index (χ1n) is 9.46. The molecule has 0 saturated carbocycles. The Morgan fingerprint density at radius 2 is 1.89 bits per heavy atom. The molecule has 2 unspecified atom stereocenters. The molecule has 1 amide bonds. The summed E-state index contributed by atoms with van der Waals surface area (Å²) >= 11 is 0. The lowest BCUT2D eigenvalue weighted by atomic mass is 9.90. The number of carbonyl (C=O) groups is 1. The van der Waals surface area contributed by atoms with E-state index in [1.807, 2.05) is 18.2 Å². The van der Waals surface area contributed by atoms with Crippen LogP contribution in [-0.4, -0.2) is 32.0 Å². The van der Waals surface area contributed by atoms with Crippen LogP contribution in [0.2, 0.25) is 0 Å². The predicted molar refractivity (Wildman–Crippen MR) is 127 cm³/mol. The van der Waals surface area contributed by atoms with Crippen molar-refractivity contribution in [2.24, 2.45) is 4.99 Å². The summed E-state index contributed by atoms with van der Waals surface area (Å²) in [5.41, 5.74) is 4.67. The second-order valence-corrected chi connectivity index (χ2v) is 7.18. The molecule has 3 N–H and O–H groups in total. The summed E-state index contributed by atoms with van der Waals surface area (Å²) < 4.78 is 0. The Kier molecular flexibility index (Phi) is 8.29. The van der Waals surface area contributed by atoms with Crippen LogP contribution in [0.25, 0.3) is 0 Å². The largest absolute Gasteiger partial charge is 0.356 e. The van der Waals surface area contributed by atoms with Crippen molar-refractivity contribution in [2.45, 2.75) is 32.1 Å². The van der Waals surface area contributed by atoms with Crippen LogP contribution < -0.4 is 16.0 Å². The van der Waals surface area contributed by atoms with E-state index in [0.717, 1.165) is 18.2 Å². The average Bonchev–Trinajstić information content (AvgIpc) is 2.68. The van der Waals surface area contributed by atoms with Crippen LogP contribution in [0.3, 0.4) is 0 Å². The minimum absolute atomic E-state index is 0. The molecule has 6 heteroatoms. The summed E-state index contributed by atoms with van der Waals surface area (Å²) in [6, 6.07) is 16.6. The van der Waals surface area contributed by atoms with E-state index < -0.39 is 0 Å². The molecule has 0 spiro atoms. The summed E-state index contributed by atoms with van der Waals surface area (Å²) in [5.74, 6) is 1.35. The zero-order chi connectivity index (χ0) is 19.2. The number of hydrogen-bond acceptors (Lipinski definition) is 2. The van der Waals surface area contributed by atoms with Crippen molar-refractivity contribution in [2.75, 3.05) is 25.5 Å². The van der Waals surface area contributed by atoms with E-state index in [-0.39, 0.29) is 35.8 Å². The van der Waals surface area contributed by atoms with Gasteiger partial charge in [-0.15, -0.1) is 24.0 Å².